The SMILES string of the molecule is Cc1cc(C)c(B(c2ccc(-c3ccc(B(c4c(C)cc(C)c(Cl)c4C)c4c(C)cc(C)c(Cl)c4C)cc3)cc2)c2c(C)cc(C)c(Cl)c2C)c(C)c1Cl. The summed E-state index contributed by atoms with van der Waals surface area (Å²) in [7, 11) is 0. The highest BCUT2D eigenvalue weighted by Crippen LogP contribution is 2.27. The van der Waals surface area contributed by atoms with E-state index in [2.05, 4.69) is 156 Å². The van der Waals surface area contributed by atoms with Crippen molar-refractivity contribution < 1.29 is 0 Å². The van der Waals surface area contributed by atoms with E-state index in [4.69, 9.17) is 46.4 Å². The van der Waals surface area contributed by atoms with Crippen molar-refractivity contribution in [1.29, 1.82) is 0 Å². The van der Waals surface area contributed by atoms with Gasteiger partial charge in [-0.05, 0) is 139 Å². The van der Waals surface area contributed by atoms with Crippen LogP contribution in [0.1, 0.15) is 66.8 Å². The van der Waals surface area contributed by atoms with Crippen LogP contribution in [-0.2, 0) is 0 Å². The van der Waals surface area contributed by atoms with E-state index in [-0.39, 0.29) is 13.4 Å². The van der Waals surface area contributed by atoms with Gasteiger partial charge in [-0.3, -0.25) is 0 Å². The molecule has 0 aliphatic rings. The first-order chi connectivity index (χ1) is 25.4. The Morgan fingerprint density at radius 1 is 0.296 bits per heavy atom. The van der Waals surface area contributed by atoms with Crippen molar-refractivity contribution >= 4 is 92.6 Å². The first kappa shape index (κ1) is 40.3. The van der Waals surface area contributed by atoms with E-state index in [1.54, 1.807) is 0 Å². The maximum atomic E-state index is 6.95. The lowest BCUT2D eigenvalue weighted by atomic mass is 9.34. The molecule has 0 N–H and O–H groups in total. The number of halogens is 4. The predicted molar refractivity (Wildman–Crippen MR) is 244 cm³/mol. The number of aryl methyl sites for hydroxylation is 8. The van der Waals surface area contributed by atoms with Gasteiger partial charge in [-0.25, -0.2) is 0 Å². The molecule has 0 aromatic heterocycles. The van der Waals surface area contributed by atoms with Crippen LogP contribution < -0.4 is 32.8 Å². The summed E-state index contributed by atoms with van der Waals surface area (Å²) in [5, 5.41) is 3.28. The minimum absolute atomic E-state index is 0.0287. The van der Waals surface area contributed by atoms with Crippen molar-refractivity contribution in [2.24, 2.45) is 0 Å². The van der Waals surface area contributed by atoms with E-state index >= 15 is 0 Å². The molecule has 6 rings (SSSR count). The van der Waals surface area contributed by atoms with Gasteiger partial charge in [-0.2, -0.15) is 0 Å². The Kier molecular flexibility index (Phi) is 11.7. The third-order valence-electron chi connectivity index (χ3n) is 11.7. The normalized spacial score (nSPS) is 11.3. The molecule has 0 heterocycles. The Labute approximate surface area is 344 Å². The van der Waals surface area contributed by atoms with E-state index in [1.165, 1.54) is 55.0 Å². The molecule has 0 amide bonds. The van der Waals surface area contributed by atoms with Crippen molar-refractivity contribution in [3.63, 3.8) is 0 Å². The van der Waals surface area contributed by atoms with Crippen LogP contribution in [0.3, 0.4) is 0 Å². The van der Waals surface area contributed by atoms with Crippen LogP contribution in [0, 0.1) is 83.1 Å². The van der Waals surface area contributed by atoms with Crippen molar-refractivity contribution in [2.75, 3.05) is 0 Å². The van der Waals surface area contributed by atoms with Gasteiger partial charge in [-0.15, -0.1) is 0 Å². The van der Waals surface area contributed by atoms with Crippen LogP contribution in [-0.4, -0.2) is 13.4 Å². The molecule has 0 nitrogen and oxygen atoms in total. The molecule has 0 radical (unpaired) electrons. The minimum atomic E-state index is -0.0287. The van der Waals surface area contributed by atoms with Gasteiger partial charge in [0, 0.05) is 20.1 Å². The van der Waals surface area contributed by atoms with Gasteiger partial charge in [0.1, 0.15) is 0 Å². The zero-order chi connectivity index (χ0) is 39.5. The standard InChI is InChI=1S/C48H48B2Cl4/c1-25-21-29(5)45(51)33(9)41(25)49(42-26(2)22-30(6)46(52)34(42)10)39-17-13-37(14-18-39)38-15-19-40(20-16-38)50(43-27(3)23-31(7)47(53)35(43)11)44-28(4)24-32(8)48(54)36(44)12/h13-24H,1-12H3. The maximum absolute atomic E-state index is 6.95. The second kappa shape index (κ2) is 15.6. The Morgan fingerprint density at radius 3 is 0.704 bits per heavy atom. The molecule has 6 aromatic carbocycles. The number of hydrogen-bond acceptors (Lipinski definition) is 0. The lowest BCUT2D eigenvalue weighted by Gasteiger charge is -2.26. The average molecular weight is 788 g/mol. The fraction of sp³-hybridized carbons (Fsp3) is 0.250. The summed E-state index contributed by atoms with van der Waals surface area (Å²) in [6, 6.07) is 26.9. The third-order valence-corrected chi connectivity index (χ3v) is 14.1. The zero-order valence-corrected chi connectivity index (χ0v) is 36.6. The maximum Gasteiger partial charge on any atom is 0.242 e. The average Bonchev–Trinajstić information content (AvgIpc) is 3.13. The van der Waals surface area contributed by atoms with Gasteiger partial charge in [0.25, 0.3) is 0 Å². The quantitative estimate of drug-likeness (QED) is 0.141. The van der Waals surface area contributed by atoms with Crippen molar-refractivity contribution in [1.82, 2.24) is 0 Å². The molecule has 0 unspecified atom stereocenters. The lowest BCUT2D eigenvalue weighted by Crippen LogP contribution is -2.56. The van der Waals surface area contributed by atoms with Crippen LogP contribution in [0.15, 0.2) is 72.8 Å². The van der Waals surface area contributed by atoms with E-state index in [0.717, 1.165) is 75.7 Å². The Bertz CT molecular complexity index is 2140. The lowest BCUT2D eigenvalue weighted by molar-refractivity contribution is 1.34. The van der Waals surface area contributed by atoms with E-state index in [9.17, 15) is 0 Å². The molecular weight excluding hydrogens is 740 g/mol. The fourth-order valence-corrected chi connectivity index (χ4v) is 9.80. The smallest absolute Gasteiger partial charge is 0.0838 e. The molecular formula is C48H48B2Cl4. The van der Waals surface area contributed by atoms with Gasteiger partial charge < -0.3 is 0 Å². The molecule has 0 bridgehead atoms. The number of benzene rings is 6. The van der Waals surface area contributed by atoms with E-state index < -0.39 is 0 Å². The summed E-state index contributed by atoms with van der Waals surface area (Å²) >= 11 is 27.8. The van der Waals surface area contributed by atoms with E-state index in [1.807, 2.05) is 0 Å². The van der Waals surface area contributed by atoms with Crippen LogP contribution in [0.4, 0.5) is 0 Å². The fourth-order valence-electron chi connectivity index (χ4n) is 9.17. The molecule has 6 aromatic rings. The summed E-state index contributed by atoms with van der Waals surface area (Å²) in [6.07, 6.45) is 0. The highest BCUT2D eigenvalue weighted by atomic mass is 35.5. The molecule has 0 spiro atoms. The predicted octanol–water partition coefficient (Wildman–Crippen LogP) is 10.7. The van der Waals surface area contributed by atoms with E-state index in [0.29, 0.717) is 0 Å². The molecule has 0 saturated heterocycles. The first-order valence-corrected chi connectivity index (χ1v) is 20.2. The molecule has 0 aliphatic heterocycles. The van der Waals surface area contributed by atoms with Crippen LogP contribution in [0.25, 0.3) is 11.1 Å². The Morgan fingerprint density at radius 2 is 0.500 bits per heavy atom. The van der Waals surface area contributed by atoms with Crippen LogP contribution in [0.2, 0.25) is 20.1 Å². The highest BCUT2D eigenvalue weighted by molar-refractivity contribution is 6.97. The van der Waals surface area contributed by atoms with Crippen LogP contribution >= 0.6 is 46.4 Å². The second-order valence-corrected chi connectivity index (χ2v) is 17.1. The number of rotatable bonds is 7. The molecule has 0 aliphatic carbocycles. The monoisotopic (exact) mass is 786 g/mol. The van der Waals surface area contributed by atoms with Gasteiger partial charge >= 0.3 is 0 Å². The van der Waals surface area contributed by atoms with Gasteiger partial charge in [0.05, 0.1) is 0 Å². The summed E-state index contributed by atoms with van der Waals surface area (Å²) in [5.74, 6) is 0. The number of hydrogen-bond donors (Lipinski definition) is 0. The zero-order valence-electron chi connectivity index (χ0n) is 33.6. The van der Waals surface area contributed by atoms with Crippen molar-refractivity contribution in [2.45, 2.75) is 83.1 Å². The summed E-state index contributed by atoms with van der Waals surface area (Å²) in [5.41, 5.74) is 23.4. The Hall–Kier alpha value is -3.39. The second-order valence-electron chi connectivity index (χ2n) is 15.6. The molecule has 0 fully saturated rings. The molecule has 0 saturated carbocycles. The van der Waals surface area contributed by atoms with Gasteiger partial charge in [-0.1, -0.05) is 174 Å². The van der Waals surface area contributed by atoms with Gasteiger partial charge in [0.15, 0.2) is 0 Å². The third kappa shape index (κ3) is 7.10. The topological polar surface area (TPSA) is 0 Å². The van der Waals surface area contributed by atoms with Crippen LogP contribution in [0.5, 0.6) is 0 Å². The van der Waals surface area contributed by atoms with Gasteiger partial charge in [0.2, 0.25) is 13.4 Å². The minimum Gasteiger partial charge on any atom is -0.0838 e. The largest absolute Gasteiger partial charge is 0.242 e. The molecule has 6 heteroatoms. The Balaban J connectivity index is 1.48. The first-order valence-electron chi connectivity index (χ1n) is 18.7. The summed E-state index contributed by atoms with van der Waals surface area (Å²) < 4.78 is 0. The molecule has 0 atom stereocenters. The molecule has 274 valence electrons. The summed E-state index contributed by atoms with van der Waals surface area (Å²) in [6.45, 7) is 25.7. The molecule has 54 heavy (non-hydrogen) atoms. The van der Waals surface area contributed by atoms with Crippen molar-refractivity contribution in [3.8, 4) is 11.1 Å². The highest BCUT2D eigenvalue weighted by Gasteiger charge is 2.32. The van der Waals surface area contributed by atoms with Crippen molar-refractivity contribution in [3.05, 3.63) is 160 Å². The summed E-state index contributed by atoms with van der Waals surface area (Å²) in [4.78, 5) is 0.